The molecule has 0 spiro atoms. The molecular weight excluding hydrogens is 210 g/mol. The molecule has 0 atom stereocenters. The van der Waals surface area contributed by atoms with Crippen LogP contribution in [0.15, 0.2) is 36.4 Å². The molecule has 0 fully saturated rings. The van der Waals surface area contributed by atoms with Crippen molar-refractivity contribution in [3.05, 3.63) is 42.0 Å². The molecule has 0 bridgehead atoms. The average molecular weight is 219 g/mol. The van der Waals surface area contributed by atoms with Gasteiger partial charge in [-0.3, -0.25) is 9.59 Å². The summed E-state index contributed by atoms with van der Waals surface area (Å²) in [5.74, 6) is -1.81. The van der Waals surface area contributed by atoms with Crippen LogP contribution in [-0.4, -0.2) is 23.3 Å². The Bertz CT molecular complexity index is 451. The van der Waals surface area contributed by atoms with Crippen LogP contribution in [0.2, 0.25) is 0 Å². The lowest BCUT2D eigenvalue weighted by Crippen LogP contribution is -2.10. The van der Waals surface area contributed by atoms with Crippen LogP contribution in [0.1, 0.15) is 10.4 Å². The van der Waals surface area contributed by atoms with Crippen molar-refractivity contribution in [3.63, 3.8) is 0 Å². The second-order valence-electron chi connectivity index (χ2n) is 2.87. The molecule has 0 aliphatic carbocycles. The minimum Gasteiger partial charge on any atom is -0.478 e. The molecule has 2 N–H and O–H groups in total. The van der Waals surface area contributed by atoms with Crippen LogP contribution in [0.5, 0.6) is 0 Å². The smallest absolute Gasteiger partial charge is 0.328 e. The molecule has 1 aromatic rings. The van der Waals surface area contributed by atoms with Crippen molar-refractivity contribution in [3.8, 4) is 0 Å². The van der Waals surface area contributed by atoms with E-state index in [1.165, 1.54) is 0 Å². The van der Waals surface area contributed by atoms with Crippen molar-refractivity contribution in [2.24, 2.45) is 0 Å². The summed E-state index contributed by atoms with van der Waals surface area (Å²) in [5, 5.41) is 10.7. The average Bonchev–Trinajstić information content (AvgIpc) is 2.27. The van der Waals surface area contributed by atoms with Gasteiger partial charge in [-0.2, -0.15) is 0 Å². The van der Waals surface area contributed by atoms with Gasteiger partial charge < -0.3 is 10.4 Å². The fraction of sp³-hybridized carbons (Fsp3) is 0. The van der Waals surface area contributed by atoms with Gasteiger partial charge in [0.05, 0.1) is 5.69 Å². The molecule has 1 aromatic carbocycles. The first-order chi connectivity index (χ1) is 7.63. The number of para-hydroxylation sites is 1. The summed E-state index contributed by atoms with van der Waals surface area (Å²) < 4.78 is 0. The van der Waals surface area contributed by atoms with E-state index in [0.29, 0.717) is 17.5 Å². The number of carboxylic acid groups (broad SMARTS) is 1. The minimum atomic E-state index is -1.21. The Balaban J connectivity index is 2.77. The van der Waals surface area contributed by atoms with Crippen LogP contribution < -0.4 is 5.32 Å². The van der Waals surface area contributed by atoms with Gasteiger partial charge in [0, 0.05) is 17.7 Å². The molecule has 0 saturated carbocycles. The largest absolute Gasteiger partial charge is 0.478 e. The van der Waals surface area contributed by atoms with Gasteiger partial charge in [-0.25, -0.2) is 4.79 Å². The maximum atomic E-state index is 11.2. The summed E-state index contributed by atoms with van der Waals surface area (Å²) in [6, 6.07) is 6.41. The van der Waals surface area contributed by atoms with Gasteiger partial charge >= 0.3 is 5.97 Å². The van der Waals surface area contributed by atoms with E-state index in [2.05, 4.69) is 5.32 Å². The van der Waals surface area contributed by atoms with Crippen LogP contribution in [0, 0.1) is 0 Å². The number of rotatable bonds is 4. The van der Waals surface area contributed by atoms with E-state index < -0.39 is 11.9 Å². The van der Waals surface area contributed by atoms with Gasteiger partial charge in [-0.05, 0) is 12.1 Å². The van der Waals surface area contributed by atoms with Crippen molar-refractivity contribution >= 4 is 23.9 Å². The molecule has 0 unspecified atom stereocenters. The lowest BCUT2D eigenvalue weighted by molar-refractivity contribution is -0.131. The van der Waals surface area contributed by atoms with Gasteiger partial charge in [-0.1, -0.05) is 12.1 Å². The number of nitrogens with one attached hydrogen (secondary N) is 1. The van der Waals surface area contributed by atoms with Crippen molar-refractivity contribution in [2.75, 3.05) is 5.32 Å². The molecule has 0 saturated heterocycles. The topological polar surface area (TPSA) is 83.5 Å². The first kappa shape index (κ1) is 11.6. The zero-order chi connectivity index (χ0) is 12.0. The molecule has 0 aliphatic heterocycles. The Kier molecular flexibility index (Phi) is 3.97. The maximum Gasteiger partial charge on any atom is 0.328 e. The number of anilines is 1. The Morgan fingerprint density at radius 2 is 1.88 bits per heavy atom. The predicted molar refractivity (Wildman–Crippen MR) is 57.2 cm³/mol. The summed E-state index contributed by atoms with van der Waals surface area (Å²) in [7, 11) is 0. The quantitative estimate of drug-likeness (QED) is 0.586. The number of hydrogen-bond donors (Lipinski definition) is 2. The van der Waals surface area contributed by atoms with Crippen LogP contribution >= 0.6 is 0 Å². The Morgan fingerprint density at radius 1 is 1.19 bits per heavy atom. The zero-order valence-corrected chi connectivity index (χ0v) is 8.21. The van der Waals surface area contributed by atoms with Crippen LogP contribution in [-0.2, 0) is 9.59 Å². The summed E-state index contributed by atoms with van der Waals surface area (Å²) in [6.07, 6.45) is 2.21. The summed E-state index contributed by atoms with van der Waals surface area (Å²) in [4.78, 5) is 32.0. The van der Waals surface area contributed by atoms with Gasteiger partial charge in [-0.15, -0.1) is 0 Å². The van der Waals surface area contributed by atoms with Crippen LogP contribution in [0.3, 0.4) is 0 Å². The number of carboxylic acids is 1. The highest BCUT2D eigenvalue weighted by atomic mass is 16.4. The Morgan fingerprint density at radius 3 is 2.50 bits per heavy atom. The molecule has 1 amide bonds. The molecule has 1 rings (SSSR count). The Hall–Kier alpha value is -2.43. The number of amides is 1. The monoisotopic (exact) mass is 219 g/mol. The fourth-order valence-corrected chi connectivity index (χ4v) is 1.03. The summed E-state index contributed by atoms with van der Waals surface area (Å²) in [5.41, 5.74) is 0.678. The number of benzene rings is 1. The summed E-state index contributed by atoms with van der Waals surface area (Å²) in [6.45, 7) is 0. The lowest BCUT2D eigenvalue weighted by atomic mass is 10.2. The minimum absolute atomic E-state index is 0.333. The highest BCUT2D eigenvalue weighted by molar-refractivity contribution is 6.04. The van der Waals surface area contributed by atoms with E-state index >= 15 is 0 Å². The second-order valence-corrected chi connectivity index (χ2v) is 2.87. The van der Waals surface area contributed by atoms with Crippen molar-refractivity contribution < 1.29 is 19.5 Å². The highest BCUT2D eigenvalue weighted by Gasteiger charge is 2.03. The SMILES string of the molecule is O=Cc1ccccc1NC(=O)/C=C\C(=O)O. The van der Waals surface area contributed by atoms with E-state index in [9.17, 15) is 14.4 Å². The summed E-state index contributed by atoms with van der Waals surface area (Å²) >= 11 is 0. The molecular formula is C11H9NO4. The first-order valence-electron chi connectivity index (χ1n) is 4.39. The van der Waals surface area contributed by atoms with Crippen molar-refractivity contribution in [2.45, 2.75) is 0 Å². The molecule has 16 heavy (non-hydrogen) atoms. The van der Waals surface area contributed by atoms with Crippen LogP contribution in [0.4, 0.5) is 5.69 Å². The first-order valence-corrected chi connectivity index (χ1v) is 4.39. The van der Waals surface area contributed by atoms with Crippen molar-refractivity contribution in [1.82, 2.24) is 0 Å². The molecule has 0 radical (unpaired) electrons. The maximum absolute atomic E-state index is 11.2. The molecule has 5 nitrogen and oxygen atoms in total. The van der Waals surface area contributed by atoms with E-state index in [1.54, 1.807) is 24.3 Å². The zero-order valence-electron chi connectivity index (χ0n) is 8.21. The number of aldehydes is 1. The number of hydrogen-bond acceptors (Lipinski definition) is 3. The Labute approximate surface area is 91.4 Å². The second kappa shape index (κ2) is 5.45. The normalized spacial score (nSPS) is 10.0. The number of aliphatic carboxylic acids is 1. The van der Waals surface area contributed by atoms with Gasteiger partial charge in [0.15, 0.2) is 6.29 Å². The van der Waals surface area contributed by atoms with Gasteiger partial charge in [0.25, 0.3) is 0 Å². The van der Waals surface area contributed by atoms with Crippen molar-refractivity contribution in [1.29, 1.82) is 0 Å². The number of carbonyl (C=O) groups is 3. The standard InChI is InChI=1S/C11H9NO4/c13-7-8-3-1-2-4-9(8)12-10(14)5-6-11(15)16/h1-7H,(H,12,14)(H,15,16)/b6-5-. The van der Waals surface area contributed by atoms with Gasteiger partial charge in [0.1, 0.15) is 0 Å². The van der Waals surface area contributed by atoms with Crippen LogP contribution in [0.25, 0.3) is 0 Å². The molecule has 0 aliphatic rings. The highest BCUT2D eigenvalue weighted by Crippen LogP contribution is 2.12. The molecule has 5 heteroatoms. The van der Waals surface area contributed by atoms with E-state index in [1.807, 2.05) is 0 Å². The third-order valence-corrected chi connectivity index (χ3v) is 1.72. The predicted octanol–water partition coefficient (Wildman–Crippen LogP) is 1.08. The third kappa shape index (κ3) is 3.38. The third-order valence-electron chi connectivity index (χ3n) is 1.72. The van der Waals surface area contributed by atoms with E-state index in [0.717, 1.165) is 12.2 Å². The number of carbonyl (C=O) groups excluding carboxylic acids is 2. The molecule has 0 heterocycles. The van der Waals surface area contributed by atoms with E-state index in [-0.39, 0.29) is 0 Å². The van der Waals surface area contributed by atoms with Gasteiger partial charge in [0.2, 0.25) is 5.91 Å². The fourth-order valence-electron chi connectivity index (χ4n) is 1.03. The van der Waals surface area contributed by atoms with E-state index in [4.69, 9.17) is 5.11 Å². The molecule has 82 valence electrons. The lowest BCUT2D eigenvalue weighted by Gasteiger charge is -2.03. The molecule has 0 aromatic heterocycles.